The molecule has 25 heavy (non-hydrogen) atoms. The van der Waals surface area contributed by atoms with Crippen molar-refractivity contribution in [2.24, 2.45) is 5.92 Å². The van der Waals surface area contributed by atoms with Gasteiger partial charge in [-0.3, -0.25) is 10.1 Å². The van der Waals surface area contributed by atoms with Crippen molar-refractivity contribution in [1.29, 1.82) is 0 Å². The highest BCUT2D eigenvalue weighted by Crippen LogP contribution is 2.30. The molecule has 132 valence electrons. The zero-order valence-corrected chi connectivity index (χ0v) is 14.5. The van der Waals surface area contributed by atoms with Crippen molar-refractivity contribution < 1.29 is 19.1 Å². The normalized spacial score (nSPS) is 15.2. The van der Waals surface area contributed by atoms with Crippen LogP contribution in [0.5, 0.6) is 0 Å². The van der Waals surface area contributed by atoms with E-state index in [-0.39, 0.29) is 21.7 Å². The molecule has 1 fully saturated rings. The highest BCUT2D eigenvalue weighted by Gasteiger charge is 2.27. The molecule has 1 aromatic carbocycles. The Hall–Kier alpha value is -2.26. The minimum absolute atomic E-state index is 0.245. The number of aliphatic carboxylic acids is 1. The van der Waals surface area contributed by atoms with E-state index in [1.165, 1.54) is 17.0 Å². The van der Waals surface area contributed by atoms with Crippen LogP contribution in [0.25, 0.3) is 10.6 Å². The van der Waals surface area contributed by atoms with Crippen LogP contribution in [-0.4, -0.2) is 45.3 Å². The van der Waals surface area contributed by atoms with Crippen molar-refractivity contribution in [3.63, 3.8) is 0 Å². The second-order valence-electron chi connectivity index (χ2n) is 5.57. The van der Waals surface area contributed by atoms with Gasteiger partial charge in [0.15, 0.2) is 5.01 Å². The topological polar surface area (TPSA) is 95.4 Å². The number of urea groups is 1. The maximum atomic E-state index is 13.9. The molecule has 7 nitrogen and oxygen atoms in total. The third-order valence-electron chi connectivity index (χ3n) is 3.93. The number of rotatable bonds is 3. The van der Waals surface area contributed by atoms with Gasteiger partial charge in [-0.25, -0.2) is 9.18 Å². The van der Waals surface area contributed by atoms with Gasteiger partial charge in [0.1, 0.15) is 5.82 Å². The summed E-state index contributed by atoms with van der Waals surface area (Å²) in [5.74, 6) is -1.76. The fourth-order valence-corrected chi connectivity index (χ4v) is 3.46. The second-order valence-corrected chi connectivity index (χ2v) is 6.98. The van der Waals surface area contributed by atoms with Gasteiger partial charge < -0.3 is 10.0 Å². The summed E-state index contributed by atoms with van der Waals surface area (Å²) in [5, 5.41) is 20.2. The van der Waals surface area contributed by atoms with Crippen LogP contribution in [0, 0.1) is 11.7 Å². The van der Waals surface area contributed by atoms with Crippen LogP contribution >= 0.6 is 22.9 Å². The maximum absolute atomic E-state index is 13.9. The van der Waals surface area contributed by atoms with Gasteiger partial charge in [0.2, 0.25) is 5.13 Å². The minimum Gasteiger partial charge on any atom is -0.481 e. The summed E-state index contributed by atoms with van der Waals surface area (Å²) in [7, 11) is 0. The molecule has 0 aliphatic carbocycles. The molecule has 0 radical (unpaired) electrons. The summed E-state index contributed by atoms with van der Waals surface area (Å²) in [6, 6.07) is 3.86. The number of hydrogen-bond acceptors (Lipinski definition) is 5. The van der Waals surface area contributed by atoms with Crippen LogP contribution in [-0.2, 0) is 4.79 Å². The Balaban J connectivity index is 1.63. The first kappa shape index (κ1) is 17.6. The van der Waals surface area contributed by atoms with Gasteiger partial charge in [-0.1, -0.05) is 22.9 Å². The number of halogens is 2. The summed E-state index contributed by atoms with van der Waals surface area (Å²) in [4.78, 5) is 24.7. The summed E-state index contributed by atoms with van der Waals surface area (Å²) in [6.07, 6.45) is 0.834. The molecular weight excluding hydrogens is 371 g/mol. The number of hydrogen-bond donors (Lipinski definition) is 2. The first-order chi connectivity index (χ1) is 11.9. The molecule has 2 aromatic rings. The first-order valence-electron chi connectivity index (χ1n) is 7.51. The van der Waals surface area contributed by atoms with Gasteiger partial charge in [0.25, 0.3) is 0 Å². The van der Waals surface area contributed by atoms with E-state index < -0.39 is 17.7 Å². The molecule has 2 N–H and O–H groups in total. The largest absolute Gasteiger partial charge is 0.481 e. The Bertz CT molecular complexity index is 808. The third kappa shape index (κ3) is 4.05. The van der Waals surface area contributed by atoms with E-state index in [0.717, 1.165) is 11.3 Å². The van der Waals surface area contributed by atoms with E-state index in [1.807, 2.05) is 0 Å². The zero-order valence-electron chi connectivity index (χ0n) is 12.9. The lowest BCUT2D eigenvalue weighted by atomic mass is 9.97. The number of aromatic nitrogens is 2. The Kier molecular flexibility index (Phi) is 5.14. The summed E-state index contributed by atoms with van der Waals surface area (Å²) in [6.45, 7) is 0.723. The molecule has 0 bridgehead atoms. The number of carbonyl (C=O) groups is 2. The van der Waals surface area contributed by atoms with Gasteiger partial charge in [-0.05, 0) is 31.0 Å². The third-order valence-corrected chi connectivity index (χ3v) is 5.04. The lowest BCUT2D eigenvalue weighted by Gasteiger charge is -2.29. The first-order valence-corrected chi connectivity index (χ1v) is 8.71. The molecule has 0 saturated carbocycles. The molecule has 0 spiro atoms. The SMILES string of the molecule is O=C(O)C1CCN(C(=O)Nc2nnc(-c3ccc(Cl)cc3F)s2)CC1. The van der Waals surface area contributed by atoms with E-state index >= 15 is 0 Å². The molecule has 1 aromatic heterocycles. The van der Waals surface area contributed by atoms with Gasteiger partial charge >= 0.3 is 12.0 Å². The van der Waals surface area contributed by atoms with Crippen LogP contribution in [0.4, 0.5) is 14.3 Å². The number of benzene rings is 1. The van der Waals surface area contributed by atoms with Crippen LogP contribution in [0.2, 0.25) is 5.02 Å². The van der Waals surface area contributed by atoms with E-state index in [4.69, 9.17) is 16.7 Å². The lowest BCUT2D eigenvalue weighted by molar-refractivity contribution is -0.143. The average Bonchev–Trinajstić information content (AvgIpc) is 3.03. The standard InChI is InChI=1S/C15H14ClFN4O3S/c16-9-1-2-10(11(17)7-9)12-19-20-14(25-12)18-15(24)21-5-3-8(4-6-21)13(22)23/h1-2,7-8H,3-6H2,(H,22,23)(H,18,20,24). The van der Waals surface area contributed by atoms with Crippen LogP contribution in [0.1, 0.15) is 12.8 Å². The fraction of sp³-hybridized carbons (Fsp3) is 0.333. The highest BCUT2D eigenvalue weighted by atomic mass is 35.5. The second kappa shape index (κ2) is 7.32. The minimum atomic E-state index is -0.834. The van der Waals surface area contributed by atoms with Crippen molar-refractivity contribution >= 4 is 40.1 Å². The van der Waals surface area contributed by atoms with Crippen molar-refractivity contribution in [2.75, 3.05) is 18.4 Å². The molecule has 2 amide bonds. The lowest BCUT2D eigenvalue weighted by Crippen LogP contribution is -2.42. The number of nitrogens with zero attached hydrogens (tertiary/aromatic N) is 3. The predicted molar refractivity (Wildman–Crippen MR) is 91.3 cm³/mol. The Morgan fingerprint density at radius 1 is 1.32 bits per heavy atom. The number of carbonyl (C=O) groups excluding carboxylic acids is 1. The van der Waals surface area contributed by atoms with Crippen LogP contribution < -0.4 is 5.32 Å². The highest BCUT2D eigenvalue weighted by molar-refractivity contribution is 7.18. The summed E-state index contributed by atoms with van der Waals surface area (Å²) in [5.41, 5.74) is 0.254. The average molecular weight is 385 g/mol. The fourth-order valence-electron chi connectivity index (χ4n) is 2.55. The Morgan fingerprint density at radius 3 is 2.68 bits per heavy atom. The number of piperidine rings is 1. The maximum Gasteiger partial charge on any atom is 0.323 e. The van der Waals surface area contributed by atoms with E-state index in [1.54, 1.807) is 6.07 Å². The summed E-state index contributed by atoms with van der Waals surface area (Å²) < 4.78 is 13.9. The molecule has 1 saturated heterocycles. The van der Waals surface area contributed by atoms with Gasteiger partial charge in [-0.2, -0.15) is 0 Å². The van der Waals surface area contributed by atoms with E-state index in [2.05, 4.69) is 15.5 Å². The van der Waals surface area contributed by atoms with E-state index in [0.29, 0.717) is 30.9 Å². The monoisotopic (exact) mass is 384 g/mol. The van der Waals surface area contributed by atoms with Crippen LogP contribution in [0.15, 0.2) is 18.2 Å². The zero-order chi connectivity index (χ0) is 18.0. The molecule has 10 heteroatoms. The van der Waals surface area contributed by atoms with Crippen LogP contribution in [0.3, 0.4) is 0 Å². The molecule has 1 aliphatic heterocycles. The van der Waals surface area contributed by atoms with Gasteiger partial charge in [-0.15, -0.1) is 10.2 Å². The molecule has 0 unspecified atom stereocenters. The molecule has 1 aliphatic rings. The predicted octanol–water partition coefficient (Wildman–Crippen LogP) is 3.33. The molecular formula is C15H14ClFN4O3S. The molecule has 3 rings (SSSR count). The number of carboxylic acids is 1. The number of anilines is 1. The van der Waals surface area contributed by atoms with Crippen molar-refractivity contribution in [3.05, 3.63) is 29.0 Å². The Morgan fingerprint density at radius 2 is 2.04 bits per heavy atom. The van der Waals surface area contributed by atoms with Gasteiger partial charge in [0.05, 0.1) is 5.92 Å². The summed E-state index contributed by atoms with van der Waals surface area (Å²) >= 11 is 6.77. The Labute approximate surface area is 151 Å². The number of amides is 2. The van der Waals surface area contributed by atoms with Crippen molar-refractivity contribution in [2.45, 2.75) is 12.8 Å². The van der Waals surface area contributed by atoms with E-state index in [9.17, 15) is 14.0 Å². The quantitative estimate of drug-likeness (QED) is 0.846. The number of carboxylic acid groups (broad SMARTS) is 1. The molecule has 0 atom stereocenters. The number of likely N-dealkylation sites (tertiary alicyclic amines) is 1. The van der Waals surface area contributed by atoms with Gasteiger partial charge in [0, 0.05) is 23.7 Å². The van der Waals surface area contributed by atoms with Crippen molar-refractivity contribution in [3.8, 4) is 10.6 Å². The smallest absolute Gasteiger partial charge is 0.323 e. The number of nitrogens with one attached hydrogen (secondary N) is 1. The molecule has 2 heterocycles. The van der Waals surface area contributed by atoms with Crippen molar-refractivity contribution in [1.82, 2.24) is 15.1 Å².